The van der Waals surface area contributed by atoms with E-state index >= 15 is 0 Å². The summed E-state index contributed by atoms with van der Waals surface area (Å²) in [6.45, 7) is 9.71. The van der Waals surface area contributed by atoms with Crippen molar-refractivity contribution >= 4 is 5.91 Å². The van der Waals surface area contributed by atoms with Crippen molar-refractivity contribution in [2.75, 3.05) is 13.1 Å². The summed E-state index contributed by atoms with van der Waals surface area (Å²) in [5.41, 5.74) is 5.38. The molecule has 0 atom stereocenters. The van der Waals surface area contributed by atoms with E-state index in [2.05, 4.69) is 19.2 Å². The quantitative estimate of drug-likeness (QED) is 0.634. The second-order valence-electron chi connectivity index (χ2n) is 4.15. The van der Waals surface area contributed by atoms with Crippen molar-refractivity contribution in [3.63, 3.8) is 0 Å². The van der Waals surface area contributed by atoms with Gasteiger partial charge in [0.2, 0.25) is 5.91 Å². The summed E-state index contributed by atoms with van der Waals surface area (Å²) in [6.07, 6.45) is 5.16. The van der Waals surface area contributed by atoms with Gasteiger partial charge in [0.25, 0.3) is 0 Å². The number of rotatable bonds is 8. The highest BCUT2D eigenvalue weighted by atomic mass is 16.1. The van der Waals surface area contributed by atoms with Crippen LogP contribution >= 0.6 is 0 Å². The smallest absolute Gasteiger partial charge is 0.220 e. The number of amides is 1. The molecule has 0 spiro atoms. The van der Waals surface area contributed by atoms with Crippen molar-refractivity contribution in [3.05, 3.63) is 0 Å². The number of carbonyl (C=O) groups excluding carboxylic acids is 1. The minimum Gasteiger partial charge on any atom is -0.356 e. The van der Waals surface area contributed by atoms with Crippen LogP contribution in [0.25, 0.3) is 0 Å². The maximum Gasteiger partial charge on any atom is 0.220 e. The standard InChI is InChI=1S/C11H24N2O.C2H6.2H2/c1-10(2)9-11(14)13-8-6-4-3-5-7-12;1-2;;/h10H,3-9,12H2,1-2H3,(H,13,14);1-2H3;2*1H. The molecule has 0 radical (unpaired) electrons. The fourth-order valence-electron chi connectivity index (χ4n) is 1.29. The Bertz CT molecular complexity index is 156. The van der Waals surface area contributed by atoms with E-state index in [-0.39, 0.29) is 8.76 Å². The third kappa shape index (κ3) is 15.9. The van der Waals surface area contributed by atoms with E-state index in [0.717, 1.165) is 25.9 Å². The largest absolute Gasteiger partial charge is 0.356 e. The zero-order valence-electron chi connectivity index (χ0n) is 11.5. The number of carbonyl (C=O) groups is 1. The SMILES string of the molecule is CC.CC(C)CC(=O)NCCCCCCN.[HH].[HH]. The second kappa shape index (κ2) is 14.4. The normalized spacial score (nSPS) is 9.62. The van der Waals surface area contributed by atoms with Gasteiger partial charge in [-0.25, -0.2) is 0 Å². The highest BCUT2D eigenvalue weighted by Crippen LogP contribution is 1.99. The van der Waals surface area contributed by atoms with Crippen LogP contribution in [0.15, 0.2) is 0 Å². The summed E-state index contributed by atoms with van der Waals surface area (Å²) in [6, 6.07) is 0. The molecule has 0 aromatic carbocycles. The van der Waals surface area contributed by atoms with Gasteiger partial charge in [-0.2, -0.15) is 0 Å². The molecule has 0 heterocycles. The molecule has 0 saturated carbocycles. The second-order valence-corrected chi connectivity index (χ2v) is 4.15. The zero-order valence-corrected chi connectivity index (χ0v) is 11.5. The van der Waals surface area contributed by atoms with E-state index in [4.69, 9.17) is 5.73 Å². The van der Waals surface area contributed by atoms with Gasteiger partial charge in [-0.3, -0.25) is 4.79 Å². The molecular weight excluding hydrogens is 200 g/mol. The molecule has 3 N–H and O–H groups in total. The van der Waals surface area contributed by atoms with Crippen LogP contribution in [-0.2, 0) is 4.79 Å². The lowest BCUT2D eigenvalue weighted by Gasteiger charge is -2.06. The fourth-order valence-corrected chi connectivity index (χ4v) is 1.29. The molecule has 102 valence electrons. The zero-order chi connectivity index (χ0) is 12.8. The summed E-state index contributed by atoms with van der Waals surface area (Å²) in [5.74, 6) is 0.631. The van der Waals surface area contributed by atoms with Gasteiger partial charge in [0.1, 0.15) is 0 Å². The van der Waals surface area contributed by atoms with Crippen LogP contribution < -0.4 is 11.1 Å². The van der Waals surface area contributed by atoms with E-state index in [0.29, 0.717) is 12.3 Å². The summed E-state index contributed by atoms with van der Waals surface area (Å²) in [4.78, 5) is 11.2. The Morgan fingerprint density at radius 2 is 1.75 bits per heavy atom. The van der Waals surface area contributed by atoms with Crippen molar-refractivity contribution in [3.8, 4) is 0 Å². The van der Waals surface area contributed by atoms with Crippen LogP contribution in [0.5, 0.6) is 0 Å². The highest BCUT2D eigenvalue weighted by molar-refractivity contribution is 5.75. The van der Waals surface area contributed by atoms with Gasteiger partial charge in [-0.05, 0) is 25.3 Å². The molecule has 0 bridgehead atoms. The van der Waals surface area contributed by atoms with Crippen LogP contribution in [-0.4, -0.2) is 19.0 Å². The first-order valence-corrected chi connectivity index (χ1v) is 6.63. The molecule has 16 heavy (non-hydrogen) atoms. The summed E-state index contributed by atoms with van der Waals surface area (Å²) in [5, 5.41) is 2.92. The number of nitrogens with one attached hydrogen (secondary N) is 1. The van der Waals surface area contributed by atoms with Gasteiger partial charge >= 0.3 is 0 Å². The van der Waals surface area contributed by atoms with Gasteiger partial charge in [0.15, 0.2) is 0 Å². The Morgan fingerprint density at radius 1 is 1.19 bits per heavy atom. The first-order valence-electron chi connectivity index (χ1n) is 6.63. The minimum atomic E-state index is 0. The van der Waals surface area contributed by atoms with Gasteiger partial charge in [-0.1, -0.05) is 40.5 Å². The lowest BCUT2D eigenvalue weighted by molar-refractivity contribution is -0.121. The van der Waals surface area contributed by atoms with Crippen molar-refractivity contribution in [2.45, 2.75) is 59.8 Å². The molecule has 0 unspecified atom stereocenters. The monoisotopic (exact) mass is 234 g/mol. The van der Waals surface area contributed by atoms with E-state index in [1.807, 2.05) is 13.8 Å². The van der Waals surface area contributed by atoms with Gasteiger partial charge in [0.05, 0.1) is 0 Å². The number of hydrogen-bond acceptors (Lipinski definition) is 2. The van der Waals surface area contributed by atoms with Crippen LogP contribution in [0.3, 0.4) is 0 Å². The lowest BCUT2D eigenvalue weighted by atomic mass is 10.1. The topological polar surface area (TPSA) is 55.1 Å². The molecule has 0 fully saturated rings. The van der Waals surface area contributed by atoms with Crippen LogP contribution in [0.2, 0.25) is 0 Å². The molecule has 3 nitrogen and oxygen atoms in total. The Balaban J connectivity index is -0.000000232. The average molecular weight is 234 g/mol. The molecule has 0 rings (SSSR count). The van der Waals surface area contributed by atoms with Crippen LogP contribution in [0.1, 0.15) is 62.7 Å². The fraction of sp³-hybridized carbons (Fsp3) is 0.923. The van der Waals surface area contributed by atoms with Crippen molar-refractivity contribution in [1.29, 1.82) is 0 Å². The highest BCUT2D eigenvalue weighted by Gasteiger charge is 2.02. The average Bonchev–Trinajstić information content (AvgIpc) is 2.25. The maximum atomic E-state index is 11.2. The third-order valence-corrected chi connectivity index (χ3v) is 2.05. The molecule has 3 heteroatoms. The molecule has 0 aliphatic heterocycles. The Kier molecular flexibility index (Phi) is 16.1. The molecular formula is C13H34N2O. The predicted octanol–water partition coefficient (Wildman–Crippen LogP) is 3.19. The Labute approximate surface area is 104 Å². The van der Waals surface area contributed by atoms with Crippen LogP contribution in [0.4, 0.5) is 0 Å². The summed E-state index contributed by atoms with van der Waals surface area (Å²) in [7, 11) is 0. The minimum absolute atomic E-state index is 0. The number of hydrogen-bond donors (Lipinski definition) is 2. The Hall–Kier alpha value is -0.570. The van der Waals surface area contributed by atoms with Gasteiger partial charge in [-0.15, -0.1) is 0 Å². The van der Waals surface area contributed by atoms with E-state index in [1.165, 1.54) is 12.8 Å². The summed E-state index contributed by atoms with van der Waals surface area (Å²) < 4.78 is 0. The molecule has 0 aliphatic carbocycles. The molecule has 1 amide bonds. The summed E-state index contributed by atoms with van der Waals surface area (Å²) >= 11 is 0. The first-order chi connectivity index (χ1) is 7.66. The third-order valence-electron chi connectivity index (χ3n) is 2.05. The number of nitrogens with two attached hydrogens (primary N) is 1. The number of unbranched alkanes of at least 4 members (excludes halogenated alkanes) is 3. The van der Waals surface area contributed by atoms with E-state index in [1.54, 1.807) is 0 Å². The van der Waals surface area contributed by atoms with E-state index in [9.17, 15) is 4.79 Å². The van der Waals surface area contributed by atoms with Crippen molar-refractivity contribution in [1.82, 2.24) is 5.32 Å². The predicted molar refractivity (Wildman–Crippen MR) is 75.6 cm³/mol. The maximum absolute atomic E-state index is 11.2. The van der Waals surface area contributed by atoms with Crippen LogP contribution in [0, 0.1) is 5.92 Å². The lowest BCUT2D eigenvalue weighted by Crippen LogP contribution is -2.25. The molecule has 0 aliphatic rings. The van der Waals surface area contributed by atoms with Gasteiger partial charge < -0.3 is 11.1 Å². The van der Waals surface area contributed by atoms with Crippen molar-refractivity contribution in [2.24, 2.45) is 11.7 Å². The van der Waals surface area contributed by atoms with E-state index < -0.39 is 0 Å². The molecule has 0 aromatic rings. The molecule has 0 saturated heterocycles. The van der Waals surface area contributed by atoms with Gasteiger partial charge in [0, 0.05) is 15.8 Å². The van der Waals surface area contributed by atoms with Crippen molar-refractivity contribution < 1.29 is 7.65 Å². The first kappa shape index (κ1) is 17.8. The molecule has 0 aromatic heterocycles. The Morgan fingerprint density at radius 3 is 2.25 bits per heavy atom.